The molecule has 132 valence electrons. The van der Waals surface area contributed by atoms with Crippen molar-refractivity contribution in [2.45, 2.75) is 25.4 Å². The van der Waals surface area contributed by atoms with Crippen LogP contribution >= 0.6 is 0 Å². The van der Waals surface area contributed by atoms with Crippen LogP contribution in [0.5, 0.6) is 5.75 Å². The summed E-state index contributed by atoms with van der Waals surface area (Å²) >= 11 is 0. The van der Waals surface area contributed by atoms with Crippen molar-refractivity contribution in [3.63, 3.8) is 0 Å². The molecule has 1 unspecified atom stereocenters. The van der Waals surface area contributed by atoms with Crippen LogP contribution in [0.3, 0.4) is 0 Å². The maximum Gasteiger partial charge on any atom is 1.00 e. The van der Waals surface area contributed by atoms with E-state index in [1.54, 1.807) is 30.3 Å². The molecule has 3 nitrogen and oxygen atoms in total. The van der Waals surface area contributed by atoms with Gasteiger partial charge in [0.2, 0.25) is 0 Å². The van der Waals surface area contributed by atoms with Gasteiger partial charge in [-0.25, -0.2) is 4.79 Å². The van der Waals surface area contributed by atoms with E-state index in [1.807, 2.05) is 18.2 Å². The zero-order valence-electron chi connectivity index (χ0n) is 16.4. The molecule has 3 aromatic rings. The van der Waals surface area contributed by atoms with Crippen LogP contribution in [0, 0.1) is 0 Å². The van der Waals surface area contributed by atoms with Crippen molar-refractivity contribution in [1.29, 1.82) is 0 Å². The van der Waals surface area contributed by atoms with Crippen molar-refractivity contribution < 1.29 is 45.6 Å². The second-order valence-electron chi connectivity index (χ2n) is 6.62. The summed E-state index contributed by atoms with van der Waals surface area (Å²) < 4.78 is 5.38. The molecule has 0 radical (unpaired) electrons. The van der Waals surface area contributed by atoms with E-state index in [0.717, 1.165) is 18.4 Å². The molecule has 0 saturated heterocycles. The van der Waals surface area contributed by atoms with Crippen LogP contribution in [0.1, 0.15) is 46.4 Å². The second-order valence-corrected chi connectivity index (χ2v) is 6.62. The number of rotatable bonds is 4. The Balaban J connectivity index is 0.00000140. The quantitative estimate of drug-likeness (QED) is 0.566. The summed E-state index contributed by atoms with van der Waals surface area (Å²) in [6.07, 6.45) is 2.13. The average Bonchev–Trinajstić information content (AvgIpc) is 3.12. The van der Waals surface area contributed by atoms with Crippen LogP contribution < -0.4 is 29.6 Å². The number of aryl methyl sites for hydroxylation is 1. The Hall–Kier alpha value is -2.07. The van der Waals surface area contributed by atoms with Crippen LogP contribution in [0.4, 0.5) is 0 Å². The van der Waals surface area contributed by atoms with Gasteiger partial charge < -0.3 is 11.3 Å². The fourth-order valence-corrected chi connectivity index (χ4v) is 3.64. The maximum absolute atomic E-state index is 12.1. The predicted molar refractivity (Wildman–Crippen MR) is 101 cm³/mol. The van der Waals surface area contributed by atoms with E-state index in [1.165, 1.54) is 11.1 Å². The summed E-state index contributed by atoms with van der Waals surface area (Å²) in [6.45, 7) is 0.0573. The monoisotopic (exact) mass is 368 g/mol. The molecular weight excluding hydrogens is 347 g/mol. The van der Waals surface area contributed by atoms with E-state index in [0.29, 0.717) is 17.0 Å². The number of benzene rings is 3. The molecule has 1 aliphatic carbocycles. The Bertz CT molecular complexity index is 944. The molecule has 0 fully saturated rings. The van der Waals surface area contributed by atoms with Crippen molar-refractivity contribution in [1.82, 2.24) is 0 Å². The number of hydrogen-bond acceptors (Lipinski definition) is 3. The minimum Gasteiger partial charge on any atom is -1.00 e. The molecule has 3 aromatic carbocycles. The maximum atomic E-state index is 12.1. The van der Waals surface area contributed by atoms with Gasteiger partial charge in [-0.1, -0.05) is 48.5 Å². The number of phenolic OH excluding ortho intramolecular Hbond substituents is 1. The first-order valence-electron chi connectivity index (χ1n) is 8.84. The van der Waals surface area contributed by atoms with Gasteiger partial charge in [0.25, 0.3) is 0 Å². The molecular formula is C23H21NaO3. The predicted octanol–water partition coefficient (Wildman–Crippen LogP) is 1.94. The largest absolute Gasteiger partial charge is 1.00 e. The first kappa shape index (κ1) is 19.7. The molecule has 1 aliphatic rings. The van der Waals surface area contributed by atoms with E-state index >= 15 is 0 Å². The van der Waals surface area contributed by atoms with E-state index in [9.17, 15) is 9.90 Å². The van der Waals surface area contributed by atoms with Crippen molar-refractivity contribution in [3.05, 3.63) is 101 Å². The van der Waals surface area contributed by atoms with Crippen molar-refractivity contribution in [3.8, 4) is 5.75 Å². The summed E-state index contributed by atoms with van der Waals surface area (Å²) in [4.78, 5) is 12.1. The molecule has 0 bridgehead atoms. The first-order valence-corrected chi connectivity index (χ1v) is 8.84. The van der Waals surface area contributed by atoms with Gasteiger partial charge in [-0.3, -0.25) is 0 Å². The topological polar surface area (TPSA) is 46.5 Å². The Kier molecular flexibility index (Phi) is 6.38. The molecule has 0 spiro atoms. The molecule has 4 heteroatoms. The third kappa shape index (κ3) is 4.27. The normalized spacial score (nSPS) is 14.9. The number of carbonyl (C=O) groups is 1. The second kappa shape index (κ2) is 8.75. The molecule has 0 amide bonds. The van der Waals surface area contributed by atoms with Gasteiger partial charge >= 0.3 is 35.5 Å². The molecule has 0 heterocycles. The summed E-state index contributed by atoms with van der Waals surface area (Å²) in [5.74, 6) is 0.0953. The zero-order valence-corrected chi connectivity index (χ0v) is 17.4. The van der Waals surface area contributed by atoms with Crippen LogP contribution in [0.15, 0.2) is 72.8 Å². The van der Waals surface area contributed by atoms with Gasteiger partial charge in [0.15, 0.2) is 0 Å². The van der Waals surface area contributed by atoms with Crippen LogP contribution in [0.25, 0.3) is 0 Å². The van der Waals surface area contributed by atoms with Gasteiger partial charge in [0.1, 0.15) is 12.4 Å². The van der Waals surface area contributed by atoms with E-state index in [-0.39, 0.29) is 49.3 Å². The van der Waals surface area contributed by atoms with E-state index < -0.39 is 0 Å². The van der Waals surface area contributed by atoms with Crippen molar-refractivity contribution in [2.24, 2.45) is 0 Å². The Morgan fingerprint density at radius 3 is 2.59 bits per heavy atom. The average molecular weight is 368 g/mol. The fourth-order valence-electron chi connectivity index (χ4n) is 3.64. The standard InChI is InChI=1S/C23H20O3.Na.H/c24-22-13-11-18(21-12-10-16-6-4-5-9-20(16)21)14-19(22)15-26-23(25)17-7-2-1-3-8-17;;/h1-9,11,13-14,21,24H,10,12,15H2;;/q;+1;-1. The first-order chi connectivity index (χ1) is 12.7. The molecule has 4 rings (SSSR count). The molecule has 0 saturated carbocycles. The smallest absolute Gasteiger partial charge is 1.00 e. The molecule has 0 aromatic heterocycles. The number of ether oxygens (including phenoxy) is 1. The molecule has 1 N–H and O–H groups in total. The third-order valence-electron chi connectivity index (χ3n) is 5.01. The van der Waals surface area contributed by atoms with Crippen molar-refractivity contribution in [2.75, 3.05) is 0 Å². The van der Waals surface area contributed by atoms with Gasteiger partial charge in [-0.15, -0.1) is 0 Å². The summed E-state index contributed by atoms with van der Waals surface area (Å²) in [5.41, 5.74) is 5.04. The summed E-state index contributed by atoms with van der Waals surface area (Å²) in [7, 11) is 0. The molecule has 1 atom stereocenters. The molecule has 27 heavy (non-hydrogen) atoms. The van der Waals surface area contributed by atoms with Crippen LogP contribution in [-0.4, -0.2) is 11.1 Å². The summed E-state index contributed by atoms with van der Waals surface area (Å²) in [6, 6.07) is 23.0. The SMILES string of the molecule is O=C(OCc1cc(C2CCc3ccccc32)ccc1O)c1ccccc1.[H-].[Na+]. The van der Waals surface area contributed by atoms with E-state index in [2.05, 4.69) is 24.3 Å². The summed E-state index contributed by atoms with van der Waals surface area (Å²) in [5, 5.41) is 10.2. The number of hydrogen-bond donors (Lipinski definition) is 1. The number of carbonyl (C=O) groups excluding carboxylic acids is 1. The number of phenols is 1. The minimum absolute atomic E-state index is 0. The number of aromatic hydroxyl groups is 1. The number of esters is 1. The zero-order chi connectivity index (χ0) is 17.9. The van der Waals surface area contributed by atoms with Gasteiger partial charge in [-0.2, -0.15) is 0 Å². The Morgan fingerprint density at radius 2 is 1.78 bits per heavy atom. The van der Waals surface area contributed by atoms with Gasteiger partial charge in [0, 0.05) is 11.5 Å². The van der Waals surface area contributed by atoms with Crippen LogP contribution in [-0.2, 0) is 17.8 Å². The Labute approximate surface area is 182 Å². The number of fused-ring (bicyclic) bond motifs is 1. The van der Waals surface area contributed by atoms with Gasteiger partial charge in [-0.05, 0) is 53.8 Å². The van der Waals surface area contributed by atoms with Crippen LogP contribution in [0.2, 0.25) is 0 Å². The van der Waals surface area contributed by atoms with Crippen molar-refractivity contribution >= 4 is 5.97 Å². The fraction of sp³-hybridized carbons (Fsp3) is 0.174. The molecule has 0 aliphatic heterocycles. The van der Waals surface area contributed by atoms with E-state index in [4.69, 9.17) is 4.74 Å². The minimum atomic E-state index is -0.387. The Morgan fingerprint density at radius 1 is 1.04 bits per heavy atom. The third-order valence-corrected chi connectivity index (χ3v) is 5.01. The van der Waals surface area contributed by atoms with Gasteiger partial charge in [0.05, 0.1) is 5.56 Å².